The molecule has 1 aromatic carbocycles. The van der Waals surface area contributed by atoms with E-state index in [0.717, 1.165) is 25.1 Å². The minimum Gasteiger partial charge on any atom is -0.493 e. The van der Waals surface area contributed by atoms with E-state index in [0.29, 0.717) is 25.5 Å². The van der Waals surface area contributed by atoms with Crippen molar-refractivity contribution in [2.75, 3.05) is 19.7 Å². The number of amides is 1. The molecule has 4 nitrogen and oxygen atoms in total. The molecule has 1 aromatic rings. The van der Waals surface area contributed by atoms with Gasteiger partial charge in [-0.25, -0.2) is 0 Å². The number of rotatable bonds is 5. The maximum Gasteiger partial charge on any atom is 0.226 e. The van der Waals surface area contributed by atoms with Gasteiger partial charge in [-0.15, -0.1) is 0 Å². The molecule has 0 radical (unpaired) electrons. The van der Waals surface area contributed by atoms with Crippen molar-refractivity contribution in [1.29, 1.82) is 0 Å². The molecule has 2 unspecified atom stereocenters. The van der Waals surface area contributed by atoms with Crippen LogP contribution in [0.1, 0.15) is 26.2 Å². The van der Waals surface area contributed by atoms with Gasteiger partial charge < -0.3 is 15.4 Å². The fourth-order valence-electron chi connectivity index (χ4n) is 2.72. The molecule has 0 bridgehead atoms. The summed E-state index contributed by atoms with van der Waals surface area (Å²) in [6, 6.07) is 9.79. The standard InChI is InChI=1S/C16H24N2O2/c1-13-7-9-18(14(11-13)12-17)16(19)8-10-20-15-5-3-2-4-6-15/h2-6,13-14H,7-12,17H2,1H3. The predicted molar refractivity (Wildman–Crippen MR) is 79.5 cm³/mol. The number of ether oxygens (including phenoxy) is 1. The highest BCUT2D eigenvalue weighted by atomic mass is 16.5. The van der Waals surface area contributed by atoms with Gasteiger partial charge in [-0.2, -0.15) is 0 Å². The monoisotopic (exact) mass is 276 g/mol. The number of piperidine rings is 1. The van der Waals surface area contributed by atoms with Crippen molar-refractivity contribution < 1.29 is 9.53 Å². The Morgan fingerprint density at radius 2 is 2.15 bits per heavy atom. The van der Waals surface area contributed by atoms with Gasteiger partial charge >= 0.3 is 0 Å². The molecule has 1 aliphatic rings. The van der Waals surface area contributed by atoms with Crippen LogP contribution in [0.15, 0.2) is 30.3 Å². The van der Waals surface area contributed by atoms with E-state index in [-0.39, 0.29) is 11.9 Å². The zero-order valence-electron chi connectivity index (χ0n) is 12.1. The van der Waals surface area contributed by atoms with Gasteiger partial charge in [0.1, 0.15) is 5.75 Å². The number of hydrogen-bond donors (Lipinski definition) is 1. The van der Waals surface area contributed by atoms with Gasteiger partial charge in [-0.1, -0.05) is 25.1 Å². The van der Waals surface area contributed by atoms with Crippen LogP contribution in [0.25, 0.3) is 0 Å². The lowest BCUT2D eigenvalue weighted by atomic mass is 9.92. The van der Waals surface area contributed by atoms with Crippen LogP contribution in [0.2, 0.25) is 0 Å². The van der Waals surface area contributed by atoms with Crippen molar-refractivity contribution in [1.82, 2.24) is 4.90 Å². The normalized spacial score (nSPS) is 22.6. The number of nitrogens with two attached hydrogens (primary N) is 1. The summed E-state index contributed by atoms with van der Waals surface area (Å²) >= 11 is 0. The molecule has 1 aliphatic heterocycles. The van der Waals surface area contributed by atoms with Gasteiger partial charge in [-0.3, -0.25) is 4.79 Å². The topological polar surface area (TPSA) is 55.6 Å². The third kappa shape index (κ3) is 3.97. The Kier molecular flexibility index (Phi) is 5.41. The van der Waals surface area contributed by atoms with Crippen LogP contribution < -0.4 is 10.5 Å². The van der Waals surface area contributed by atoms with Gasteiger partial charge in [-0.05, 0) is 30.9 Å². The van der Waals surface area contributed by atoms with E-state index >= 15 is 0 Å². The fraction of sp³-hybridized carbons (Fsp3) is 0.562. The minimum absolute atomic E-state index is 0.156. The number of benzene rings is 1. The summed E-state index contributed by atoms with van der Waals surface area (Å²) in [5.41, 5.74) is 5.79. The molecule has 1 saturated heterocycles. The molecule has 20 heavy (non-hydrogen) atoms. The summed E-state index contributed by atoms with van der Waals surface area (Å²) in [7, 11) is 0. The van der Waals surface area contributed by atoms with Crippen molar-refractivity contribution >= 4 is 5.91 Å². The number of nitrogens with zero attached hydrogens (tertiary/aromatic N) is 1. The van der Waals surface area contributed by atoms with Gasteiger partial charge in [0.2, 0.25) is 5.91 Å². The molecule has 2 N–H and O–H groups in total. The van der Waals surface area contributed by atoms with Crippen LogP contribution in [-0.4, -0.2) is 36.5 Å². The third-order valence-electron chi connectivity index (χ3n) is 3.90. The summed E-state index contributed by atoms with van der Waals surface area (Å²) in [5.74, 6) is 1.62. The maximum absolute atomic E-state index is 12.3. The summed E-state index contributed by atoms with van der Waals surface area (Å²) < 4.78 is 5.58. The Labute approximate surface area is 120 Å². The first-order chi connectivity index (χ1) is 9.70. The number of para-hydroxylation sites is 1. The Bertz CT molecular complexity index is 422. The summed E-state index contributed by atoms with van der Waals surface area (Å²) in [6.07, 6.45) is 2.50. The lowest BCUT2D eigenvalue weighted by molar-refractivity contribution is -0.135. The van der Waals surface area contributed by atoms with Crippen molar-refractivity contribution in [2.24, 2.45) is 11.7 Å². The van der Waals surface area contributed by atoms with Gasteiger partial charge in [0.25, 0.3) is 0 Å². The molecular formula is C16H24N2O2. The molecule has 2 rings (SSSR count). The van der Waals surface area contributed by atoms with E-state index in [4.69, 9.17) is 10.5 Å². The average molecular weight is 276 g/mol. The number of carbonyl (C=O) groups excluding carboxylic acids is 1. The zero-order chi connectivity index (χ0) is 14.4. The van der Waals surface area contributed by atoms with Crippen LogP contribution >= 0.6 is 0 Å². The van der Waals surface area contributed by atoms with Crippen molar-refractivity contribution in [2.45, 2.75) is 32.2 Å². The van der Waals surface area contributed by atoms with E-state index in [1.807, 2.05) is 35.2 Å². The van der Waals surface area contributed by atoms with Crippen LogP contribution in [0.4, 0.5) is 0 Å². The molecular weight excluding hydrogens is 252 g/mol. The van der Waals surface area contributed by atoms with Crippen LogP contribution in [0.5, 0.6) is 5.75 Å². The second kappa shape index (κ2) is 7.29. The highest BCUT2D eigenvalue weighted by molar-refractivity contribution is 5.76. The predicted octanol–water partition coefficient (Wildman–Crippen LogP) is 2.04. The lowest BCUT2D eigenvalue weighted by Gasteiger charge is -2.38. The zero-order valence-corrected chi connectivity index (χ0v) is 12.1. The highest BCUT2D eigenvalue weighted by Crippen LogP contribution is 2.22. The highest BCUT2D eigenvalue weighted by Gasteiger charge is 2.28. The maximum atomic E-state index is 12.3. The number of carbonyl (C=O) groups is 1. The lowest BCUT2D eigenvalue weighted by Crippen LogP contribution is -2.49. The molecule has 1 fully saturated rings. The molecule has 4 heteroatoms. The largest absolute Gasteiger partial charge is 0.493 e. The van der Waals surface area contributed by atoms with Crippen LogP contribution in [0, 0.1) is 5.92 Å². The fourth-order valence-corrected chi connectivity index (χ4v) is 2.72. The van der Waals surface area contributed by atoms with Crippen molar-refractivity contribution in [3.8, 4) is 5.75 Å². The molecule has 0 aromatic heterocycles. The van der Waals surface area contributed by atoms with E-state index in [2.05, 4.69) is 6.92 Å². The van der Waals surface area contributed by atoms with Crippen molar-refractivity contribution in [3.63, 3.8) is 0 Å². The first kappa shape index (κ1) is 14.9. The van der Waals surface area contributed by atoms with Crippen LogP contribution in [-0.2, 0) is 4.79 Å². The Morgan fingerprint density at radius 1 is 1.40 bits per heavy atom. The van der Waals surface area contributed by atoms with E-state index in [9.17, 15) is 4.79 Å². The van der Waals surface area contributed by atoms with Crippen LogP contribution in [0.3, 0.4) is 0 Å². The molecule has 110 valence electrons. The number of likely N-dealkylation sites (tertiary alicyclic amines) is 1. The summed E-state index contributed by atoms with van der Waals surface area (Å²) in [5, 5.41) is 0. The second-order valence-corrected chi connectivity index (χ2v) is 5.52. The van der Waals surface area contributed by atoms with Gasteiger partial charge in [0, 0.05) is 19.1 Å². The smallest absolute Gasteiger partial charge is 0.226 e. The first-order valence-electron chi connectivity index (χ1n) is 7.38. The van der Waals surface area contributed by atoms with Gasteiger partial charge in [0.05, 0.1) is 13.0 Å². The van der Waals surface area contributed by atoms with E-state index in [1.54, 1.807) is 0 Å². The second-order valence-electron chi connectivity index (χ2n) is 5.52. The minimum atomic E-state index is 0.156. The quantitative estimate of drug-likeness (QED) is 0.895. The Balaban J connectivity index is 1.79. The molecule has 1 amide bonds. The first-order valence-corrected chi connectivity index (χ1v) is 7.38. The number of hydrogen-bond acceptors (Lipinski definition) is 3. The Hall–Kier alpha value is -1.55. The third-order valence-corrected chi connectivity index (χ3v) is 3.90. The molecule has 2 atom stereocenters. The molecule has 0 spiro atoms. The molecule has 1 heterocycles. The average Bonchev–Trinajstić information content (AvgIpc) is 2.48. The molecule has 0 aliphatic carbocycles. The summed E-state index contributed by atoms with van der Waals surface area (Å²) in [4.78, 5) is 14.2. The Morgan fingerprint density at radius 3 is 2.85 bits per heavy atom. The van der Waals surface area contributed by atoms with Crippen molar-refractivity contribution in [3.05, 3.63) is 30.3 Å². The molecule has 0 saturated carbocycles. The van der Waals surface area contributed by atoms with E-state index < -0.39 is 0 Å². The SMILES string of the molecule is CC1CCN(C(=O)CCOc2ccccc2)C(CN)C1. The summed E-state index contributed by atoms with van der Waals surface area (Å²) in [6.45, 7) is 4.03. The van der Waals surface area contributed by atoms with E-state index in [1.165, 1.54) is 0 Å². The van der Waals surface area contributed by atoms with Gasteiger partial charge in [0.15, 0.2) is 0 Å².